The third kappa shape index (κ3) is 6.09. The van der Waals surface area contributed by atoms with Crippen LogP contribution in [0.25, 0.3) is 0 Å². The Hall–Kier alpha value is -2.79. The zero-order valence-electron chi connectivity index (χ0n) is 21.9. The van der Waals surface area contributed by atoms with Crippen LogP contribution in [0.3, 0.4) is 0 Å². The first-order chi connectivity index (χ1) is 17.8. The number of halogens is 4. The Labute approximate surface area is 220 Å². The van der Waals surface area contributed by atoms with Gasteiger partial charge in [-0.05, 0) is 56.7 Å². The first-order valence-electron chi connectivity index (χ1n) is 13.0. The van der Waals surface area contributed by atoms with Gasteiger partial charge in [0.15, 0.2) is 0 Å². The first kappa shape index (κ1) is 28.2. The van der Waals surface area contributed by atoms with Gasteiger partial charge in [0.05, 0.1) is 23.3 Å². The van der Waals surface area contributed by atoms with Crippen molar-refractivity contribution in [2.45, 2.75) is 76.1 Å². The molecular formula is C27H35F4N5O2. The monoisotopic (exact) mass is 537 g/mol. The van der Waals surface area contributed by atoms with Crippen LogP contribution in [0.2, 0.25) is 0 Å². The summed E-state index contributed by atoms with van der Waals surface area (Å²) in [6.07, 6.45) is -1.87. The van der Waals surface area contributed by atoms with Crippen molar-refractivity contribution in [3.8, 4) is 0 Å². The van der Waals surface area contributed by atoms with Crippen molar-refractivity contribution in [2.75, 3.05) is 31.1 Å². The number of piperazine rings is 1. The van der Waals surface area contributed by atoms with Crippen molar-refractivity contribution >= 4 is 11.7 Å². The van der Waals surface area contributed by atoms with Crippen LogP contribution in [-0.2, 0) is 11.0 Å². The average Bonchev–Trinajstić information content (AvgIpc) is 3.13. The quantitative estimate of drug-likeness (QED) is 0.505. The molecule has 11 heteroatoms. The Kier molecular flexibility index (Phi) is 7.99. The van der Waals surface area contributed by atoms with Gasteiger partial charge in [0.1, 0.15) is 18.0 Å². The normalized spacial score (nSPS) is 21.0. The van der Waals surface area contributed by atoms with Gasteiger partial charge in [0.2, 0.25) is 5.91 Å². The smallest absolute Gasteiger partial charge is 0.387 e. The highest BCUT2D eigenvalue weighted by atomic mass is 19.4. The van der Waals surface area contributed by atoms with Gasteiger partial charge in [-0.15, -0.1) is 0 Å². The SMILES string of the molecule is C[C@@H]1C[C@H](O)c2ncnc(N3CCN(C(=O)[C@H](CCCC(C)(C)N)c4ccc(C(F)(F)F)c(F)c4)CC3)c21. The minimum Gasteiger partial charge on any atom is -0.387 e. The summed E-state index contributed by atoms with van der Waals surface area (Å²) in [7, 11) is 0. The number of carbonyl (C=O) groups excluding carboxylic acids is 1. The second kappa shape index (κ2) is 10.8. The number of rotatable bonds is 7. The van der Waals surface area contributed by atoms with Crippen molar-refractivity contribution < 1.29 is 27.5 Å². The number of nitrogens with two attached hydrogens (primary N) is 1. The molecule has 1 aromatic carbocycles. The van der Waals surface area contributed by atoms with Gasteiger partial charge in [-0.3, -0.25) is 4.79 Å². The number of carbonyl (C=O) groups is 1. The van der Waals surface area contributed by atoms with Gasteiger partial charge in [-0.1, -0.05) is 19.4 Å². The number of fused-ring (bicyclic) bond motifs is 1. The van der Waals surface area contributed by atoms with Crippen molar-refractivity contribution in [1.29, 1.82) is 0 Å². The highest BCUT2D eigenvalue weighted by molar-refractivity contribution is 5.84. The number of aliphatic hydroxyl groups is 1. The zero-order chi connectivity index (χ0) is 27.8. The van der Waals surface area contributed by atoms with E-state index in [-0.39, 0.29) is 17.4 Å². The molecule has 3 N–H and O–H groups in total. The fourth-order valence-electron chi connectivity index (χ4n) is 5.49. The van der Waals surface area contributed by atoms with Gasteiger partial charge >= 0.3 is 6.18 Å². The molecule has 0 bridgehead atoms. The van der Waals surface area contributed by atoms with Crippen LogP contribution in [0.1, 0.15) is 86.8 Å². The molecule has 1 aliphatic heterocycles. The molecule has 2 aliphatic rings. The average molecular weight is 538 g/mol. The summed E-state index contributed by atoms with van der Waals surface area (Å²) < 4.78 is 53.8. The summed E-state index contributed by atoms with van der Waals surface area (Å²) in [5.74, 6) is -1.53. The minimum absolute atomic E-state index is 0.113. The number of benzene rings is 1. The molecular weight excluding hydrogens is 502 g/mol. The predicted molar refractivity (Wildman–Crippen MR) is 135 cm³/mol. The molecule has 2 heterocycles. The van der Waals surface area contributed by atoms with E-state index in [1.165, 1.54) is 12.4 Å². The summed E-state index contributed by atoms with van der Waals surface area (Å²) >= 11 is 0. The molecule has 208 valence electrons. The van der Waals surface area contributed by atoms with Crippen LogP contribution < -0.4 is 10.6 Å². The van der Waals surface area contributed by atoms with Crippen molar-refractivity contribution in [3.05, 3.63) is 52.7 Å². The fourth-order valence-corrected chi connectivity index (χ4v) is 5.49. The molecule has 3 atom stereocenters. The lowest BCUT2D eigenvalue weighted by molar-refractivity contribution is -0.140. The Morgan fingerprint density at radius 3 is 2.47 bits per heavy atom. The number of nitrogens with zero attached hydrogens (tertiary/aromatic N) is 4. The van der Waals surface area contributed by atoms with E-state index in [4.69, 9.17) is 5.73 Å². The first-order valence-corrected chi connectivity index (χ1v) is 13.0. The molecule has 38 heavy (non-hydrogen) atoms. The highest BCUT2D eigenvalue weighted by Gasteiger charge is 2.37. The number of anilines is 1. The highest BCUT2D eigenvalue weighted by Crippen LogP contribution is 2.43. The molecule has 1 amide bonds. The van der Waals surface area contributed by atoms with E-state index in [1.807, 2.05) is 20.8 Å². The second-order valence-electron chi connectivity index (χ2n) is 11.1. The number of aliphatic hydroxyl groups excluding tert-OH is 1. The summed E-state index contributed by atoms with van der Waals surface area (Å²) in [6.45, 7) is 7.53. The Morgan fingerprint density at radius 2 is 1.87 bits per heavy atom. The van der Waals surface area contributed by atoms with Gasteiger partial charge in [0, 0.05) is 37.3 Å². The molecule has 1 fully saturated rings. The van der Waals surface area contributed by atoms with Crippen LogP contribution >= 0.6 is 0 Å². The third-order valence-corrected chi connectivity index (χ3v) is 7.48. The number of aromatic nitrogens is 2. The summed E-state index contributed by atoms with van der Waals surface area (Å²) in [5.41, 5.74) is 6.09. The Morgan fingerprint density at radius 1 is 1.18 bits per heavy atom. The molecule has 0 radical (unpaired) electrons. The minimum atomic E-state index is -4.81. The fraction of sp³-hybridized carbons (Fsp3) is 0.593. The van der Waals surface area contributed by atoms with Crippen molar-refractivity contribution in [2.24, 2.45) is 5.73 Å². The van der Waals surface area contributed by atoms with Crippen LogP contribution in [0, 0.1) is 5.82 Å². The number of hydrogen-bond acceptors (Lipinski definition) is 6. The van der Waals surface area contributed by atoms with E-state index in [9.17, 15) is 27.5 Å². The Balaban J connectivity index is 1.51. The predicted octanol–water partition coefficient (Wildman–Crippen LogP) is 4.52. The lowest BCUT2D eigenvalue weighted by atomic mass is 9.88. The summed E-state index contributed by atoms with van der Waals surface area (Å²) in [6, 6.07) is 2.75. The van der Waals surface area contributed by atoms with Gasteiger partial charge in [-0.2, -0.15) is 13.2 Å². The van der Waals surface area contributed by atoms with Gasteiger partial charge in [-0.25, -0.2) is 14.4 Å². The topological polar surface area (TPSA) is 95.6 Å². The van der Waals surface area contributed by atoms with Crippen molar-refractivity contribution in [1.82, 2.24) is 14.9 Å². The molecule has 7 nitrogen and oxygen atoms in total. The van der Waals surface area contributed by atoms with Gasteiger partial charge in [0.25, 0.3) is 0 Å². The van der Waals surface area contributed by atoms with Crippen LogP contribution in [0.4, 0.5) is 23.4 Å². The van der Waals surface area contributed by atoms with Crippen molar-refractivity contribution in [3.63, 3.8) is 0 Å². The standard InChI is InChI=1S/C27H35F4N5O2/c1-16-13-21(37)23-22(16)24(34-15-33-23)35-9-11-36(12-10-35)25(38)18(5-4-8-26(2,3)32)17-6-7-19(20(28)14-17)27(29,30)31/h6-7,14-16,18,21,37H,4-5,8-13,32H2,1-3H3/t16-,18-,21+/m1/s1. The molecule has 2 aromatic rings. The molecule has 1 aromatic heterocycles. The van der Waals surface area contributed by atoms with Gasteiger partial charge < -0.3 is 20.6 Å². The third-order valence-electron chi connectivity index (χ3n) is 7.48. The molecule has 0 saturated carbocycles. The summed E-state index contributed by atoms with van der Waals surface area (Å²) in [5, 5.41) is 10.3. The lowest BCUT2D eigenvalue weighted by Crippen LogP contribution is -2.50. The largest absolute Gasteiger partial charge is 0.419 e. The number of alkyl halides is 3. The zero-order valence-corrected chi connectivity index (χ0v) is 21.9. The maximum atomic E-state index is 14.4. The summed E-state index contributed by atoms with van der Waals surface area (Å²) in [4.78, 5) is 26.1. The molecule has 1 saturated heterocycles. The van der Waals surface area contributed by atoms with E-state index in [0.717, 1.165) is 17.4 Å². The molecule has 0 spiro atoms. The van der Waals surface area contributed by atoms with Crippen LogP contribution in [0.15, 0.2) is 24.5 Å². The van der Waals surface area contributed by atoms with E-state index in [1.54, 1.807) is 4.90 Å². The van der Waals surface area contributed by atoms with E-state index in [0.29, 0.717) is 63.6 Å². The van der Waals surface area contributed by atoms with Crippen LogP contribution in [-0.4, -0.2) is 57.6 Å². The Bertz CT molecular complexity index is 1160. The number of amides is 1. The molecule has 1 aliphatic carbocycles. The second-order valence-corrected chi connectivity index (χ2v) is 11.1. The lowest BCUT2D eigenvalue weighted by Gasteiger charge is -2.38. The van der Waals surface area contributed by atoms with E-state index < -0.39 is 35.1 Å². The van der Waals surface area contributed by atoms with E-state index >= 15 is 0 Å². The van der Waals surface area contributed by atoms with Crippen LogP contribution in [0.5, 0.6) is 0 Å². The molecule has 0 unspecified atom stereocenters. The van der Waals surface area contributed by atoms with E-state index in [2.05, 4.69) is 14.9 Å². The maximum absolute atomic E-state index is 14.4. The molecule has 4 rings (SSSR count). The number of hydrogen-bond donors (Lipinski definition) is 2. The maximum Gasteiger partial charge on any atom is 0.419 e.